The van der Waals surface area contributed by atoms with Crippen LogP contribution >= 0.6 is 15.9 Å². The first-order valence-electron chi connectivity index (χ1n) is 7.45. The van der Waals surface area contributed by atoms with Gasteiger partial charge in [0.05, 0.1) is 12.3 Å². The Hall–Kier alpha value is -0.580. The molecule has 1 atom stereocenters. The summed E-state index contributed by atoms with van der Waals surface area (Å²) in [6.07, 6.45) is 4.54. The van der Waals surface area contributed by atoms with Gasteiger partial charge in [0, 0.05) is 30.2 Å². The van der Waals surface area contributed by atoms with Crippen LogP contribution in [-0.4, -0.2) is 32.3 Å². The van der Waals surface area contributed by atoms with Crippen molar-refractivity contribution < 1.29 is 4.74 Å². The molecule has 0 aromatic heterocycles. The summed E-state index contributed by atoms with van der Waals surface area (Å²) in [6.45, 7) is 3.85. The fraction of sp³-hybridized carbons (Fsp3) is 0.625. The Kier molecular flexibility index (Phi) is 5.87. The molecule has 2 rings (SSSR count). The molecule has 1 unspecified atom stereocenters. The van der Waals surface area contributed by atoms with Crippen LogP contribution in [0.3, 0.4) is 0 Å². The van der Waals surface area contributed by atoms with E-state index in [2.05, 4.69) is 46.0 Å². The van der Waals surface area contributed by atoms with Gasteiger partial charge in [-0.1, -0.05) is 13.0 Å². The summed E-state index contributed by atoms with van der Waals surface area (Å²) >= 11 is 3.72. The van der Waals surface area contributed by atoms with E-state index in [4.69, 9.17) is 10.5 Å². The largest absolute Gasteiger partial charge is 0.383 e. The van der Waals surface area contributed by atoms with Crippen LogP contribution in [0.2, 0.25) is 0 Å². The van der Waals surface area contributed by atoms with E-state index in [-0.39, 0.29) is 6.04 Å². The number of hydrogen-bond acceptors (Lipinski definition) is 3. The van der Waals surface area contributed by atoms with Crippen LogP contribution in [0.25, 0.3) is 0 Å². The second-order valence-corrected chi connectivity index (χ2v) is 6.43. The van der Waals surface area contributed by atoms with Gasteiger partial charge < -0.3 is 15.4 Å². The normalized spacial score (nSPS) is 16.2. The van der Waals surface area contributed by atoms with Gasteiger partial charge in [0.1, 0.15) is 0 Å². The smallest absolute Gasteiger partial charge is 0.0637 e. The lowest BCUT2D eigenvalue weighted by atomic mass is 10.0. The summed E-state index contributed by atoms with van der Waals surface area (Å²) in [6, 6.07) is 7.58. The van der Waals surface area contributed by atoms with Gasteiger partial charge >= 0.3 is 0 Å². The molecule has 0 amide bonds. The maximum absolute atomic E-state index is 6.03. The van der Waals surface area contributed by atoms with E-state index in [0.717, 1.165) is 26.0 Å². The van der Waals surface area contributed by atoms with Crippen molar-refractivity contribution in [1.29, 1.82) is 0 Å². The topological polar surface area (TPSA) is 38.5 Å². The molecule has 2 N–H and O–H groups in total. The number of methoxy groups -OCH3 is 1. The highest BCUT2D eigenvalue weighted by Gasteiger charge is 2.29. The van der Waals surface area contributed by atoms with Gasteiger partial charge in [-0.3, -0.25) is 0 Å². The van der Waals surface area contributed by atoms with Gasteiger partial charge in [0.15, 0.2) is 0 Å². The highest BCUT2D eigenvalue weighted by molar-refractivity contribution is 9.10. The Balaban J connectivity index is 2.10. The molecule has 1 aromatic carbocycles. The zero-order valence-corrected chi connectivity index (χ0v) is 14.0. The first-order valence-corrected chi connectivity index (χ1v) is 8.24. The predicted octanol–water partition coefficient (Wildman–Crippen LogP) is 3.34. The quantitative estimate of drug-likeness (QED) is 0.788. The summed E-state index contributed by atoms with van der Waals surface area (Å²) in [4.78, 5) is 2.46. The van der Waals surface area contributed by atoms with Crippen LogP contribution in [0.1, 0.15) is 31.7 Å². The van der Waals surface area contributed by atoms with Crippen LogP contribution in [0, 0.1) is 0 Å². The van der Waals surface area contributed by atoms with E-state index in [0.29, 0.717) is 6.04 Å². The molecular formula is C16H25BrN2O. The first kappa shape index (κ1) is 15.8. The number of halogens is 1. The fourth-order valence-electron chi connectivity index (χ4n) is 2.43. The second kappa shape index (κ2) is 7.43. The predicted molar refractivity (Wildman–Crippen MR) is 88.4 cm³/mol. The van der Waals surface area contributed by atoms with Gasteiger partial charge in [-0.15, -0.1) is 0 Å². The molecule has 1 fully saturated rings. The van der Waals surface area contributed by atoms with Crippen LogP contribution in [0.15, 0.2) is 22.7 Å². The number of hydrogen-bond donors (Lipinski definition) is 1. The van der Waals surface area contributed by atoms with E-state index < -0.39 is 0 Å². The van der Waals surface area contributed by atoms with Crippen molar-refractivity contribution in [3.05, 3.63) is 28.2 Å². The Morgan fingerprint density at radius 2 is 2.20 bits per heavy atom. The lowest BCUT2D eigenvalue weighted by Crippen LogP contribution is -2.29. The third kappa shape index (κ3) is 4.21. The molecule has 4 heteroatoms. The molecule has 0 radical (unpaired) electrons. The van der Waals surface area contributed by atoms with Crippen LogP contribution in [-0.2, 0) is 11.2 Å². The monoisotopic (exact) mass is 340 g/mol. The molecule has 20 heavy (non-hydrogen) atoms. The molecule has 112 valence electrons. The number of rotatable bonds is 8. The number of nitrogens with zero attached hydrogens (tertiary/aromatic N) is 1. The number of ether oxygens (including phenoxy) is 1. The van der Waals surface area contributed by atoms with Crippen molar-refractivity contribution in [2.75, 3.05) is 25.2 Å². The van der Waals surface area contributed by atoms with Gasteiger partial charge in [0.25, 0.3) is 0 Å². The first-order chi connectivity index (χ1) is 9.65. The Morgan fingerprint density at radius 1 is 1.45 bits per heavy atom. The average Bonchev–Trinajstić information content (AvgIpc) is 3.25. The van der Waals surface area contributed by atoms with Crippen LogP contribution in [0.5, 0.6) is 0 Å². The van der Waals surface area contributed by atoms with Crippen molar-refractivity contribution in [3.63, 3.8) is 0 Å². The summed E-state index contributed by atoms with van der Waals surface area (Å²) < 4.78 is 6.40. The van der Waals surface area contributed by atoms with E-state index in [9.17, 15) is 0 Å². The minimum absolute atomic E-state index is 0.251. The Morgan fingerprint density at radius 3 is 2.75 bits per heavy atom. The van der Waals surface area contributed by atoms with Gasteiger partial charge in [0.2, 0.25) is 0 Å². The van der Waals surface area contributed by atoms with Crippen molar-refractivity contribution in [2.45, 2.75) is 44.7 Å². The van der Waals surface area contributed by atoms with Crippen LogP contribution < -0.4 is 10.6 Å². The Labute approximate surface area is 130 Å². The second-order valence-electron chi connectivity index (χ2n) is 5.58. The SMILES string of the molecule is CCC(N)Cc1ccc(N(CCOC)C2CC2)c(Br)c1. The summed E-state index contributed by atoms with van der Waals surface area (Å²) in [5, 5.41) is 0. The highest BCUT2D eigenvalue weighted by atomic mass is 79.9. The molecule has 3 nitrogen and oxygen atoms in total. The minimum Gasteiger partial charge on any atom is -0.383 e. The molecule has 0 spiro atoms. The number of benzene rings is 1. The zero-order chi connectivity index (χ0) is 14.5. The summed E-state index contributed by atoms with van der Waals surface area (Å²) in [5.41, 5.74) is 8.61. The van der Waals surface area contributed by atoms with Crippen molar-refractivity contribution in [1.82, 2.24) is 0 Å². The molecule has 1 aliphatic rings. The van der Waals surface area contributed by atoms with E-state index in [1.165, 1.54) is 28.6 Å². The summed E-state index contributed by atoms with van der Waals surface area (Å²) in [7, 11) is 1.76. The molecule has 0 heterocycles. The maximum atomic E-state index is 6.03. The van der Waals surface area contributed by atoms with Crippen molar-refractivity contribution >= 4 is 21.6 Å². The fourth-order valence-corrected chi connectivity index (χ4v) is 3.09. The van der Waals surface area contributed by atoms with Crippen molar-refractivity contribution in [2.24, 2.45) is 5.73 Å². The molecule has 0 saturated heterocycles. The van der Waals surface area contributed by atoms with Gasteiger partial charge in [-0.05, 0) is 59.3 Å². The van der Waals surface area contributed by atoms with E-state index >= 15 is 0 Å². The van der Waals surface area contributed by atoms with Crippen molar-refractivity contribution in [3.8, 4) is 0 Å². The Bertz CT molecular complexity index is 434. The molecule has 0 aliphatic heterocycles. The van der Waals surface area contributed by atoms with Gasteiger partial charge in [-0.25, -0.2) is 0 Å². The standard InChI is InChI=1S/C16H25BrN2O/c1-3-13(18)10-12-4-7-16(15(17)11-12)19(8-9-20-2)14-5-6-14/h4,7,11,13-14H,3,5-6,8-10,18H2,1-2H3. The molecular weight excluding hydrogens is 316 g/mol. The molecule has 1 saturated carbocycles. The number of anilines is 1. The third-order valence-electron chi connectivity index (χ3n) is 3.87. The average molecular weight is 341 g/mol. The van der Waals surface area contributed by atoms with E-state index in [1.807, 2.05) is 0 Å². The zero-order valence-electron chi connectivity index (χ0n) is 12.4. The lowest BCUT2D eigenvalue weighted by molar-refractivity contribution is 0.205. The molecule has 1 aromatic rings. The maximum Gasteiger partial charge on any atom is 0.0637 e. The number of nitrogens with two attached hydrogens (primary N) is 1. The molecule has 1 aliphatic carbocycles. The molecule has 0 bridgehead atoms. The van der Waals surface area contributed by atoms with Gasteiger partial charge in [-0.2, -0.15) is 0 Å². The van der Waals surface area contributed by atoms with Crippen LogP contribution in [0.4, 0.5) is 5.69 Å². The third-order valence-corrected chi connectivity index (χ3v) is 4.50. The minimum atomic E-state index is 0.251. The van der Waals surface area contributed by atoms with E-state index in [1.54, 1.807) is 7.11 Å². The lowest BCUT2D eigenvalue weighted by Gasteiger charge is -2.26. The summed E-state index contributed by atoms with van der Waals surface area (Å²) in [5.74, 6) is 0. The highest BCUT2D eigenvalue weighted by Crippen LogP contribution is 2.36.